The van der Waals surface area contributed by atoms with E-state index in [0.717, 1.165) is 0 Å². The van der Waals surface area contributed by atoms with Gasteiger partial charge in [0.05, 0.1) is 12.8 Å². The van der Waals surface area contributed by atoms with Gasteiger partial charge in [0, 0.05) is 12.1 Å². The Hall–Kier alpha value is -3.78. The molecule has 9 heteroatoms. The first kappa shape index (κ1) is 23.9. The summed E-state index contributed by atoms with van der Waals surface area (Å²) in [5.41, 5.74) is 0.513. The van der Waals surface area contributed by atoms with Crippen molar-refractivity contribution >= 4 is 29.4 Å². The standard InChI is InChI=1S/C24H23ClN2O6/c1-27(13-15-31-19-11-9-18(25)10-12-19)21(28)16-33-24(30)22(17-6-3-2-4-7-17)26-23(29)20-8-5-14-32-20/h2-12,14,22H,13,15-16H2,1H3,(H,26,29). The van der Waals surface area contributed by atoms with Gasteiger partial charge in [-0.25, -0.2) is 4.79 Å². The highest BCUT2D eigenvalue weighted by Gasteiger charge is 2.26. The number of likely N-dealkylation sites (N-methyl/N-ethyl adjacent to an activating group) is 1. The lowest BCUT2D eigenvalue weighted by Crippen LogP contribution is -2.38. The van der Waals surface area contributed by atoms with Crippen LogP contribution in [-0.2, 0) is 14.3 Å². The van der Waals surface area contributed by atoms with Crippen LogP contribution >= 0.6 is 11.6 Å². The van der Waals surface area contributed by atoms with Crippen molar-refractivity contribution < 1.29 is 28.3 Å². The van der Waals surface area contributed by atoms with Gasteiger partial charge in [0.15, 0.2) is 18.4 Å². The lowest BCUT2D eigenvalue weighted by atomic mass is 10.1. The molecule has 0 saturated heterocycles. The molecule has 1 N–H and O–H groups in total. The number of halogens is 1. The number of nitrogens with one attached hydrogen (secondary N) is 1. The smallest absolute Gasteiger partial charge is 0.333 e. The third-order valence-corrected chi connectivity index (χ3v) is 4.91. The fraction of sp³-hybridized carbons (Fsp3) is 0.208. The van der Waals surface area contributed by atoms with E-state index in [0.29, 0.717) is 16.3 Å². The highest BCUT2D eigenvalue weighted by Crippen LogP contribution is 2.17. The monoisotopic (exact) mass is 470 g/mol. The summed E-state index contributed by atoms with van der Waals surface area (Å²) in [5.74, 6) is -1.06. The second-order valence-electron chi connectivity index (χ2n) is 7.02. The molecule has 1 atom stereocenters. The molecule has 0 aliphatic rings. The summed E-state index contributed by atoms with van der Waals surface area (Å²) in [6.45, 7) is 0.0657. The van der Waals surface area contributed by atoms with E-state index in [1.165, 1.54) is 17.2 Å². The molecule has 0 fully saturated rings. The van der Waals surface area contributed by atoms with Crippen LogP contribution in [0.1, 0.15) is 22.2 Å². The van der Waals surface area contributed by atoms with E-state index in [4.69, 9.17) is 25.5 Å². The van der Waals surface area contributed by atoms with E-state index in [1.54, 1.807) is 67.7 Å². The average Bonchev–Trinajstić information content (AvgIpc) is 3.37. The Labute approximate surface area is 196 Å². The Balaban J connectivity index is 1.52. The number of hydrogen-bond acceptors (Lipinski definition) is 6. The van der Waals surface area contributed by atoms with E-state index in [2.05, 4.69) is 5.32 Å². The average molecular weight is 471 g/mol. The van der Waals surface area contributed by atoms with Gasteiger partial charge in [-0.05, 0) is 42.0 Å². The quantitative estimate of drug-likeness (QED) is 0.455. The molecule has 2 aromatic carbocycles. The zero-order chi connectivity index (χ0) is 23.6. The minimum absolute atomic E-state index is 0.0558. The maximum atomic E-state index is 12.7. The fourth-order valence-electron chi connectivity index (χ4n) is 2.82. The molecular formula is C24H23ClN2O6. The molecular weight excluding hydrogens is 448 g/mol. The predicted octanol–water partition coefficient (Wildman–Crippen LogP) is 3.48. The molecule has 0 radical (unpaired) electrons. The Morgan fingerprint density at radius 1 is 1.03 bits per heavy atom. The predicted molar refractivity (Wildman–Crippen MR) is 121 cm³/mol. The summed E-state index contributed by atoms with van der Waals surface area (Å²) in [6.07, 6.45) is 1.36. The van der Waals surface area contributed by atoms with Crippen LogP contribution in [0.4, 0.5) is 0 Å². The molecule has 3 rings (SSSR count). The second-order valence-corrected chi connectivity index (χ2v) is 7.46. The molecule has 1 heterocycles. The first-order valence-electron chi connectivity index (χ1n) is 10.1. The Bertz CT molecular complexity index is 1050. The Morgan fingerprint density at radius 2 is 1.76 bits per heavy atom. The third-order valence-electron chi connectivity index (χ3n) is 4.66. The van der Waals surface area contributed by atoms with Crippen LogP contribution in [0, 0.1) is 0 Å². The maximum Gasteiger partial charge on any atom is 0.333 e. The summed E-state index contributed by atoms with van der Waals surface area (Å²) in [7, 11) is 1.58. The van der Waals surface area contributed by atoms with Gasteiger partial charge in [-0.1, -0.05) is 41.9 Å². The molecule has 0 aliphatic heterocycles. The highest BCUT2D eigenvalue weighted by atomic mass is 35.5. The van der Waals surface area contributed by atoms with Crippen molar-refractivity contribution in [3.05, 3.63) is 89.3 Å². The van der Waals surface area contributed by atoms with Gasteiger partial charge in [-0.3, -0.25) is 9.59 Å². The number of hydrogen-bond donors (Lipinski definition) is 1. The van der Waals surface area contributed by atoms with Crippen LogP contribution in [0.25, 0.3) is 0 Å². The van der Waals surface area contributed by atoms with Gasteiger partial charge in [0.1, 0.15) is 12.4 Å². The van der Waals surface area contributed by atoms with Crippen LogP contribution in [0.5, 0.6) is 5.75 Å². The summed E-state index contributed by atoms with van der Waals surface area (Å²) >= 11 is 5.84. The number of carbonyl (C=O) groups excluding carboxylic acids is 3. The second kappa shape index (κ2) is 11.7. The number of esters is 1. The molecule has 0 saturated carbocycles. The van der Waals surface area contributed by atoms with Gasteiger partial charge in [-0.2, -0.15) is 0 Å². The SMILES string of the molecule is CN(CCOc1ccc(Cl)cc1)C(=O)COC(=O)C(NC(=O)c1ccco1)c1ccccc1. The maximum absolute atomic E-state index is 12.7. The molecule has 2 amide bonds. The summed E-state index contributed by atoms with van der Waals surface area (Å²) < 4.78 is 15.8. The minimum Gasteiger partial charge on any atom is -0.492 e. The van der Waals surface area contributed by atoms with Crippen molar-refractivity contribution in [3.8, 4) is 5.75 Å². The number of amides is 2. The number of carbonyl (C=O) groups is 3. The van der Waals surface area contributed by atoms with E-state index in [1.807, 2.05) is 0 Å². The van der Waals surface area contributed by atoms with Gasteiger partial charge >= 0.3 is 5.97 Å². The van der Waals surface area contributed by atoms with E-state index < -0.39 is 30.4 Å². The largest absolute Gasteiger partial charge is 0.492 e. The summed E-state index contributed by atoms with van der Waals surface area (Å²) in [4.78, 5) is 38.9. The highest BCUT2D eigenvalue weighted by molar-refractivity contribution is 6.30. The van der Waals surface area contributed by atoms with E-state index >= 15 is 0 Å². The van der Waals surface area contributed by atoms with Gasteiger partial charge in [0.2, 0.25) is 0 Å². The molecule has 8 nitrogen and oxygen atoms in total. The molecule has 1 aromatic heterocycles. The molecule has 3 aromatic rings. The van der Waals surface area contributed by atoms with Crippen LogP contribution in [-0.4, -0.2) is 49.5 Å². The molecule has 0 aliphatic carbocycles. The number of benzene rings is 2. The molecule has 33 heavy (non-hydrogen) atoms. The number of furan rings is 1. The lowest BCUT2D eigenvalue weighted by Gasteiger charge is -2.20. The lowest BCUT2D eigenvalue weighted by molar-refractivity contribution is -0.153. The van der Waals surface area contributed by atoms with Crippen molar-refractivity contribution in [2.75, 3.05) is 26.8 Å². The normalized spacial score (nSPS) is 11.3. The molecule has 0 bridgehead atoms. The zero-order valence-corrected chi connectivity index (χ0v) is 18.7. The number of rotatable bonds is 10. The number of nitrogens with zero attached hydrogens (tertiary/aromatic N) is 1. The zero-order valence-electron chi connectivity index (χ0n) is 17.9. The van der Waals surface area contributed by atoms with E-state index in [-0.39, 0.29) is 18.9 Å². The molecule has 1 unspecified atom stereocenters. The minimum atomic E-state index is -1.10. The van der Waals surface area contributed by atoms with Crippen LogP contribution in [0.15, 0.2) is 77.4 Å². The van der Waals surface area contributed by atoms with Crippen molar-refractivity contribution in [2.24, 2.45) is 0 Å². The van der Waals surface area contributed by atoms with Crippen LogP contribution in [0.2, 0.25) is 5.02 Å². The van der Waals surface area contributed by atoms with Crippen molar-refractivity contribution in [1.29, 1.82) is 0 Å². The topological polar surface area (TPSA) is 98.1 Å². The van der Waals surface area contributed by atoms with Gasteiger partial charge < -0.3 is 24.1 Å². The van der Waals surface area contributed by atoms with Crippen molar-refractivity contribution in [3.63, 3.8) is 0 Å². The van der Waals surface area contributed by atoms with Crippen molar-refractivity contribution in [1.82, 2.24) is 10.2 Å². The number of ether oxygens (including phenoxy) is 2. The van der Waals surface area contributed by atoms with Crippen LogP contribution in [0.3, 0.4) is 0 Å². The molecule has 172 valence electrons. The fourth-order valence-corrected chi connectivity index (χ4v) is 2.94. The van der Waals surface area contributed by atoms with Gasteiger partial charge in [0.25, 0.3) is 11.8 Å². The summed E-state index contributed by atoms with van der Waals surface area (Å²) in [5, 5.41) is 3.19. The van der Waals surface area contributed by atoms with Crippen molar-refractivity contribution in [2.45, 2.75) is 6.04 Å². The van der Waals surface area contributed by atoms with Gasteiger partial charge in [-0.15, -0.1) is 0 Å². The first-order valence-corrected chi connectivity index (χ1v) is 10.5. The van der Waals surface area contributed by atoms with E-state index in [9.17, 15) is 14.4 Å². The van der Waals surface area contributed by atoms with Crippen LogP contribution < -0.4 is 10.1 Å². The Kier molecular flexibility index (Phi) is 8.49. The molecule has 0 spiro atoms. The third kappa shape index (κ3) is 7.11. The Morgan fingerprint density at radius 3 is 2.42 bits per heavy atom. The summed E-state index contributed by atoms with van der Waals surface area (Å²) in [6, 6.07) is 17.4. The first-order chi connectivity index (χ1) is 15.9.